The van der Waals surface area contributed by atoms with Crippen molar-refractivity contribution in [3.05, 3.63) is 27.3 Å². The number of halogens is 5. The third kappa shape index (κ3) is 4.66. The molecule has 0 unspecified atom stereocenters. The molecule has 1 heterocycles. The minimum atomic E-state index is -6.36. The number of hydrogen-bond donors (Lipinski definition) is 1. The van der Waals surface area contributed by atoms with E-state index in [2.05, 4.69) is 4.74 Å². The van der Waals surface area contributed by atoms with Gasteiger partial charge >= 0.3 is 33.2 Å². The van der Waals surface area contributed by atoms with Gasteiger partial charge in [-0.2, -0.15) is 26.0 Å². The van der Waals surface area contributed by atoms with Crippen LogP contribution in [-0.2, 0) is 24.4 Å². The molecule has 1 fully saturated rings. The molecule has 0 radical (unpaired) electrons. The summed E-state index contributed by atoms with van der Waals surface area (Å²) < 4.78 is 99.1. The van der Waals surface area contributed by atoms with Crippen molar-refractivity contribution in [2.75, 3.05) is 6.61 Å². The fourth-order valence-corrected chi connectivity index (χ4v) is 4.63. The minimum Gasteiger partial charge on any atom is -0.465 e. The molecule has 1 saturated carbocycles. The van der Waals surface area contributed by atoms with E-state index in [-0.39, 0.29) is 25.7 Å². The highest BCUT2D eigenvalue weighted by Gasteiger charge is 2.65. The van der Waals surface area contributed by atoms with E-state index in [1.54, 1.807) is 18.2 Å². The van der Waals surface area contributed by atoms with Gasteiger partial charge in [-0.15, -0.1) is 0 Å². The van der Waals surface area contributed by atoms with Gasteiger partial charge in [0.05, 0.1) is 18.9 Å². The van der Waals surface area contributed by atoms with E-state index in [1.807, 2.05) is 22.6 Å². The summed E-state index contributed by atoms with van der Waals surface area (Å²) in [6.45, 7) is -1.18. The van der Waals surface area contributed by atoms with Crippen LogP contribution in [0.2, 0.25) is 0 Å². The number of esters is 2. The molecule has 0 saturated heterocycles. The second kappa shape index (κ2) is 8.59. The van der Waals surface area contributed by atoms with Crippen LogP contribution in [0.4, 0.5) is 17.6 Å². The maximum atomic E-state index is 13.5. The van der Waals surface area contributed by atoms with E-state index in [9.17, 15) is 35.6 Å². The average Bonchev–Trinajstić information content (AvgIpc) is 2.67. The Morgan fingerprint density at radius 1 is 1.22 bits per heavy atom. The molecule has 2 aliphatic rings. The highest BCUT2D eigenvalue weighted by molar-refractivity contribution is 14.1. The van der Waals surface area contributed by atoms with Crippen LogP contribution in [0.5, 0.6) is 5.75 Å². The molecule has 1 aliphatic heterocycles. The van der Waals surface area contributed by atoms with E-state index in [1.165, 1.54) is 0 Å². The van der Waals surface area contributed by atoms with Crippen molar-refractivity contribution in [1.82, 2.24) is 0 Å². The van der Waals surface area contributed by atoms with Crippen LogP contribution in [0, 0.1) is 9.49 Å². The van der Waals surface area contributed by atoms with E-state index < -0.39 is 58.0 Å². The highest BCUT2D eigenvalue weighted by Crippen LogP contribution is 2.43. The molecule has 1 aliphatic carbocycles. The van der Waals surface area contributed by atoms with Crippen molar-refractivity contribution >= 4 is 44.6 Å². The predicted molar refractivity (Wildman–Crippen MR) is 107 cm³/mol. The first-order chi connectivity index (χ1) is 14.7. The van der Waals surface area contributed by atoms with Crippen LogP contribution in [0.15, 0.2) is 18.2 Å². The summed E-state index contributed by atoms with van der Waals surface area (Å²) in [6.07, 6.45) is -1.36. The van der Waals surface area contributed by atoms with Crippen LogP contribution >= 0.6 is 22.6 Å². The Hall–Kier alpha value is -1.68. The Balaban J connectivity index is 1.55. The predicted octanol–water partition coefficient (Wildman–Crippen LogP) is 3.78. The molecular formula is C18H17F4IO8S. The van der Waals surface area contributed by atoms with Crippen LogP contribution in [-0.4, -0.2) is 48.5 Å². The molecule has 3 rings (SSSR count). The fourth-order valence-electron chi connectivity index (χ4n) is 3.46. The third-order valence-corrected chi connectivity index (χ3v) is 7.09. The van der Waals surface area contributed by atoms with E-state index in [0.717, 1.165) is 0 Å². The average molecular weight is 596 g/mol. The van der Waals surface area contributed by atoms with Gasteiger partial charge in [0, 0.05) is 16.4 Å². The molecule has 178 valence electrons. The molecule has 0 aromatic heterocycles. The van der Waals surface area contributed by atoms with Gasteiger partial charge < -0.3 is 14.2 Å². The van der Waals surface area contributed by atoms with Crippen LogP contribution in [0.3, 0.4) is 0 Å². The molecule has 0 amide bonds. The first-order valence-corrected chi connectivity index (χ1v) is 11.8. The number of rotatable bonds is 6. The zero-order valence-corrected chi connectivity index (χ0v) is 19.1. The summed E-state index contributed by atoms with van der Waals surface area (Å²) in [5.74, 6) is -8.38. The summed E-state index contributed by atoms with van der Waals surface area (Å²) in [5.41, 5.74) is 0.294. The zero-order valence-electron chi connectivity index (χ0n) is 16.2. The number of fused-ring (bicyclic) bond motifs is 1. The molecular weight excluding hydrogens is 579 g/mol. The van der Waals surface area contributed by atoms with Gasteiger partial charge in [-0.05, 0) is 47.6 Å². The topological polar surface area (TPSA) is 116 Å². The number of carbonyl (C=O) groups is 2. The number of ether oxygens (including phenoxy) is 3. The molecule has 1 spiro atoms. The van der Waals surface area contributed by atoms with E-state index >= 15 is 0 Å². The first-order valence-electron chi connectivity index (χ1n) is 9.29. The maximum absolute atomic E-state index is 13.5. The zero-order chi connectivity index (χ0) is 23.9. The summed E-state index contributed by atoms with van der Waals surface area (Å²) >= 11 is 1.97. The smallest absolute Gasteiger partial charge is 0.431 e. The number of carbonyl (C=O) groups excluding carboxylic acids is 2. The van der Waals surface area contributed by atoms with Gasteiger partial charge in [-0.3, -0.25) is 9.35 Å². The van der Waals surface area contributed by atoms with E-state index in [0.29, 0.717) is 14.9 Å². The number of alkyl halides is 4. The van der Waals surface area contributed by atoms with E-state index in [4.69, 9.17) is 14.0 Å². The molecule has 0 bridgehead atoms. The molecule has 1 aromatic carbocycles. The first kappa shape index (κ1) is 25.0. The molecule has 32 heavy (non-hydrogen) atoms. The Bertz CT molecular complexity index is 1020. The quantitative estimate of drug-likeness (QED) is 0.229. The second-order valence-electron chi connectivity index (χ2n) is 7.40. The van der Waals surface area contributed by atoms with Crippen LogP contribution in [0.25, 0.3) is 0 Å². The van der Waals surface area contributed by atoms with Gasteiger partial charge in [0.15, 0.2) is 0 Å². The fraction of sp³-hybridized carbons (Fsp3) is 0.556. The van der Waals surface area contributed by atoms with Gasteiger partial charge in [0.25, 0.3) is 5.79 Å². The normalized spacial score (nSPS) is 23.8. The molecule has 0 atom stereocenters. The van der Waals surface area contributed by atoms with Gasteiger partial charge in [-0.25, -0.2) is 4.79 Å². The third-order valence-electron chi connectivity index (χ3n) is 5.25. The van der Waals surface area contributed by atoms with Gasteiger partial charge in [0.2, 0.25) is 0 Å². The Kier molecular flexibility index (Phi) is 6.70. The summed E-state index contributed by atoms with van der Waals surface area (Å²) in [5, 5.41) is -5.72. The Labute approximate surface area is 193 Å². The van der Waals surface area contributed by atoms with Crippen molar-refractivity contribution in [3.8, 4) is 5.75 Å². The monoisotopic (exact) mass is 596 g/mol. The lowest BCUT2D eigenvalue weighted by Crippen LogP contribution is -2.48. The molecule has 1 aromatic rings. The van der Waals surface area contributed by atoms with Gasteiger partial charge in [-0.1, -0.05) is 6.07 Å². The summed E-state index contributed by atoms with van der Waals surface area (Å²) in [7, 11) is -6.36. The molecule has 1 N–H and O–H groups in total. The van der Waals surface area contributed by atoms with Crippen LogP contribution in [0.1, 0.15) is 42.5 Å². The lowest BCUT2D eigenvalue weighted by atomic mass is 9.84. The Morgan fingerprint density at radius 3 is 2.44 bits per heavy atom. The molecule has 14 heteroatoms. The number of hydrogen-bond acceptors (Lipinski definition) is 7. The SMILES string of the molecule is O=C1OC2(CCC(C(=O)OCCC(F)(F)C(F)(F)S(=O)(=O)O)CC2)Oc2cccc(I)c21. The largest absolute Gasteiger partial charge is 0.465 e. The standard InChI is InChI=1S/C18H17F4IO8S/c19-17(20,18(21,22)32(26,27)28)8-9-29-14(24)10-4-6-16(7-5-10)30-12-3-1-2-11(23)13(12)15(25)31-16/h1-3,10H,4-9H2,(H,26,27,28). The number of benzene rings is 1. The second-order valence-corrected chi connectivity index (χ2v) is 10.0. The lowest BCUT2D eigenvalue weighted by Gasteiger charge is -2.41. The molecule has 8 nitrogen and oxygen atoms in total. The van der Waals surface area contributed by atoms with Crippen molar-refractivity contribution < 1.29 is 54.3 Å². The van der Waals surface area contributed by atoms with Crippen LogP contribution < -0.4 is 4.74 Å². The van der Waals surface area contributed by atoms with Crippen molar-refractivity contribution in [2.45, 2.75) is 49.1 Å². The van der Waals surface area contributed by atoms with Crippen molar-refractivity contribution in [2.24, 2.45) is 5.92 Å². The minimum absolute atomic E-state index is 0.112. The highest BCUT2D eigenvalue weighted by atomic mass is 127. The summed E-state index contributed by atoms with van der Waals surface area (Å²) in [4.78, 5) is 24.5. The maximum Gasteiger partial charge on any atom is 0.431 e. The van der Waals surface area contributed by atoms with Gasteiger partial charge in [0.1, 0.15) is 11.3 Å². The van der Waals surface area contributed by atoms with Crippen molar-refractivity contribution in [1.29, 1.82) is 0 Å². The Morgan fingerprint density at radius 2 is 1.84 bits per heavy atom. The lowest BCUT2D eigenvalue weighted by molar-refractivity contribution is -0.187. The summed E-state index contributed by atoms with van der Waals surface area (Å²) in [6, 6.07) is 5.03. The van der Waals surface area contributed by atoms with Crippen molar-refractivity contribution in [3.63, 3.8) is 0 Å².